The van der Waals surface area contributed by atoms with E-state index in [4.69, 9.17) is 4.74 Å². The molecule has 0 radical (unpaired) electrons. The summed E-state index contributed by atoms with van der Waals surface area (Å²) in [5.74, 6) is -0.385. The number of carbonyl (C=O) groups is 2. The number of carbonyl (C=O) groups excluding carboxylic acids is 2. The van der Waals surface area contributed by atoms with E-state index in [2.05, 4.69) is 21.2 Å². The van der Waals surface area contributed by atoms with Gasteiger partial charge >= 0.3 is 0 Å². The number of methoxy groups -OCH3 is 1. The number of nitrogens with zero attached hydrogens (tertiary/aromatic N) is 2. The number of anilines is 1. The monoisotopic (exact) mass is 615 g/mol. The number of hydrogen-bond donors (Lipinski definition) is 1. The summed E-state index contributed by atoms with van der Waals surface area (Å²) >= 11 is 3.45. The van der Waals surface area contributed by atoms with Gasteiger partial charge in [0.1, 0.15) is 18.3 Å². The van der Waals surface area contributed by atoms with Crippen LogP contribution in [-0.4, -0.2) is 51.4 Å². The molecule has 8 nitrogen and oxygen atoms in total. The Morgan fingerprint density at radius 1 is 1.03 bits per heavy atom. The zero-order valence-electron chi connectivity index (χ0n) is 22.6. The van der Waals surface area contributed by atoms with Crippen LogP contribution in [0.5, 0.6) is 5.75 Å². The predicted molar refractivity (Wildman–Crippen MR) is 156 cm³/mol. The van der Waals surface area contributed by atoms with Crippen LogP contribution >= 0.6 is 15.9 Å². The highest BCUT2D eigenvalue weighted by Crippen LogP contribution is 2.28. The summed E-state index contributed by atoms with van der Waals surface area (Å²) in [6, 6.07) is 19.6. The maximum Gasteiger partial charge on any atom is 0.264 e. The van der Waals surface area contributed by atoms with Crippen LogP contribution in [-0.2, 0) is 26.2 Å². The summed E-state index contributed by atoms with van der Waals surface area (Å²) in [7, 11) is -2.66. The van der Waals surface area contributed by atoms with Crippen molar-refractivity contribution in [2.75, 3.05) is 24.5 Å². The van der Waals surface area contributed by atoms with E-state index < -0.39 is 28.5 Å². The van der Waals surface area contributed by atoms with Crippen molar-refractivity contribution in [3.63, 3.8) is 0 Å². The largest absolute Gasteiger partial charge is 0.497 e. The number of amides is 2. The van der Waals surface area contributed by atoms with Crippen LogP contribution in [0.1, 0.15) is 31.4 Å². The molecular formula is C29H34BrN3O5S. The number of hydrogen-bond acceptors (Lipinski definition) is 5. The average Bonchev–Trinajstić information content (AvgIpc) is 2.93. The molecule has 0 heterocycles. The first-order valence-electron chi connectivity index (χ1n) is 12.6. The van der Waals surface area contributed by atoms with E-state index >= 15 is 0 Å². The third kappa shape index (κ3) is 7.83. The Morgan fingerprint density at radius 2 is 1.72 bits per heavy atom. The normalized spacial score (nSPS) is 11.9. The number of rotatable bonds is 12. The molecule has 3 aromatic rings. The van der Waals surface area contributed by atoms with Crippen molar-refractivity contribution in [3.05, 3.63) is 88.4 Å². The third-order valence-electron chi connectivity index (χ3n) is 6.19. The van der Waals surface area contributed by atoms with Gasteiger partial charge in [-0.1, -0.05) is 58.7 Å². The summed E-state index contributed by atoms with van der Waals surface area (Å²) in [5.41, 5.74) is 1.97. The second-order valence-electron chi connectivity index (χ2n) is 9.14. The van der Waals surface area contributed by atoms with Crippen molar-refractivity contribution in [2.24, 2.45) is 0 Å². The van der Waals surface area contributed by atoms with Crippen molar-refractivity contribution in [1.82, 2.24) is 10.2 Å². The van der Waals surface area contributed by atoms with E-state index in [1.54, 1.807) is 43.3 Å². The summed E-state index contributed by atoms with van der Waals surface area (Å²) in [5, 5.41) is 2.84. The fraction of sp³-hybridized carbons (Fsp3) is 0.310. The molecule has 2 amide bonds. The molecule has 0 aromatic heterocycles. The maximum absolute atomic E-state index is 13.9. The number of sulfonamides is 1. The van der Waals surface area contributed by atoms with Crippen LogP contribution in [0.25, 0.3) is 0 Å². The molecule has 0 aliphatic heterocycles. The third-order valence-corrected chi connectivity index (χ3v) is 8.47. The SMILES string of the molecule is CCCNC(=O)C(C)N(Cc1cccc(Br)c1)C(=O)CN(c1cccc(OC)c1)S(=O)(=O)c1ccc(C)cc1. The Balaban J connectivity index is 2.04. The number of nitrogens with one attached hydrogen (secondary N) is 1. The standard InChI is InChI=1S/C29H34BrN3O5S/c1-5-16-31-29(35)22(3)32(19-23-8-6-9-24(30)17-23)28(34)20-33(25-10-7-11-26(18-25)38-4)39(36,37)27-14-12-21(2)13-15-27/h6-15,17-18,22H,5,16,19-20H2,1-4H3,(H,31,35). The highest BCUT2D eigenvalue weighted by molar-refractivity contribution is 9.10. The van der Waals surface area contributed by atoms with Gasteiger partial charge in [-0.25, -0.2) is 8.42 Å². The molecule has 208 valence electrons. The molecule has 0 aliphatic rings. The summed E-state index contributed by atoms with van der Waals surface area (Å²) in [6.45, 7) is 5.53. The van der Waals surface area contributed by atoms with Gasteiger partial charge in [-0.05, 0) is 62.2 Å². The zero-order valence-corrected chi connectivity index (χ0v) is 25.0. The maximum atomic E-state index is 13.9. The minimum atomic E-state index is -4.14. The minimum absolute atomic E-state index is 0.0518. The topological polar surface area (TPSA) is 96.0 Å². The Labute approximate surface area is 239 Å². The molecule has 0 saturated carbocycles. The number of ether oxygens (including phenoxy) is 1. The lowest BCUT2D eigenvalue weighted by Gasteiger charge is -2.32. The smallest absolute Gasteiger partial charge is 0.264 e. The van der Waals surface area contributed by atoms with Crippen molar-refractivity contribution in [2.45, 2.75) is 44.7 Å². The quantitative estimate of drug-likeness (QED) is 0.312. The summed E-state index contributed by atoms with van der Waals surface area (Å²) in [6.07, 6.45) is 0.746. The highest BCUT2D eigenvalue weighted by atomic mass is 79.9. The van der Waals surface area contributed by atoms with Gasteiger partial charge in [-0.15, -0.1) is 0 Å². The van der Waals surface area contributed by atoms with Gasteiger partial charge in [0.2, 0.25) is 11.8 Å². The first kappa shape index (κ1) is 30.2. The van der Waals surface area contributed by atoms with Crippen LogP contribution in [0.2, 0.25) is 0 Å². The number of benzene rings is 3. The van der Waals surface area contributed by atoms with Gasteiger partial charge in [0.25, 0.3) is 10.0 Å². The fourth-order valence-corrected chi connectivity index (χ4v) is 5.80. The van der Waals surface area contributed by atoms with Gasteiger partial charge in [0.15, 0.2) is 0 Å². The number of aryl methyl sites for hydroxylation is 1. The lowest BCUT2D eigenvalue weighted by atomic mass is 10.1. The molecular weight excluding hydrogens is 582 g/mol. The van der Waals surface area contributed by atoms with Crippen LogP contribution in [0.4, 0.5) is 5.69 Å². The first-order chi connectivity index (χ1) is 18.6. The van der Waals surface area contributed by atoms with E-state index in [0.29, 0.717) is 12.3 Å². The van der Waals surface area contributed by atoms with Crippen molar-refractivity contribution < 1.29 is 22.7 Å². The molecule has 39 heavy (non-hydrogen) atoms. The van der Waals surface area contributed by atoms with Gasteiger partial charge in [0.05, 0.1) is 17.7 Å². The molecule has 1 unspecified atom stereocenters. The Morgan fingerprint density at radius 3 is 2.36 bits per heavy atom. The Bertz CT molecular complexity index is 1400. The lowest BCUT2D eigenvalue weighted by molar-refractivity contribution is -0.139. The van der Waals surface area contributed by atoms with Gasteiger partial charge in [0, 0.05) is 23.6 Å². The lowest BCUT2D eigenvalue weighted by Crippen LogP contribution is -2.51. The average molecular weight is 617 g/mol. The van der Waals surface area contributed by atoms with E-state index in [9.17, 15) is 18.0 Å². The second-order valence-corrected chi connectivity index (χ2v) is 11.9. The summed E-state index contributed by atoms with van der Waals surface area (Å²) in [4.78, 5) is 28.3. The van der Waals surface area contributed by atoms with Crippen molar-refractivity contribution >= 4 is 43.5 Å². The molecule has 10 heteroatoms. The van der Waals surface area contributed by atoms with Crippen molar-refractivity contribution in [3.8, 4) is 5.75 Å². The highest BCUT2D eigenvalue weighted by Gasteiger charge is 2.32. The number of halogens is 1. The van der Waals surface area contributed by atoms with Gasteiger partial charge in [-0.3, -0.25) is 13.9 Å². The summed E-state index contributed by atoms with van der Waals surface area (Å²) < 4.78 is 35.0. The van der Waals surface area contributed by atoms with Gasteiger partial charge < -0.3 is 15.0 Å². The molecule has 0 bridgehead atoms. The molecule has 1 atom stereocenters. The van der Waals surface area contributed by atoms with E-state index in [1.807, 2.05) is 38.1 Å². The van der Waals surface area contributed by atoms with Crippen LogP contribution in [0.3, 0.4) is 0 Å². The van der Waals surface area contributed by atoms with E-state index in [-0.39, 0.29) is 23.0 Å². The molecule has 0 aliphatic carbocycles. The fourth-order valence-electron chi connectivity index (χ4n) is 3.94. The Hall–Kier alpha value is -3.37. The van der Waals surface area contributed by atoms with Crippen LogP contribution < -0.4 is 14.4 Å². The molecule has 3 aromatic carbocycles. The molecule has 0 fully saturated rings. The van der Waals surface area contributed by atoms with E-state index in [1.165, 1.54) is 24.1 Å². The molecule has 1 N–H and O–H groups in total. The van der Waals surface area contributed by atoms with E-state index in [0.717, 1.165) is 26.3 Å². The zero-order chi connectivity index (χ0) is 28.6. The minimum Gasteiger partial charge on any atom is -0.497 e. The predicted octanol–water partition coefficient (Wildman–Crippen LogP) is 4.90. The van der Waals surface area contributed by atoms with Gasteiger partial charge in [-0.2, -0.15) is 0 Å². The first-order valence-corrected chi connectivity index (χ1v) is 14.8. The molecule has 0 saturated heterocycles. The van der Waals surface area contributed by atoms with Crippen LogP contribution in [0, 0.1) is 6.92 Å². The molecule has 3 rings (SSSR count). The van der Waals surface area contributed by atoms with Crippen molar-refractivity contribution in [1.29, 1.82) is 0 Å². The van der Waals surface area contributed by atoms with Crippen LogP contribution in [0.15, 0.2) is 82.2 Å². The second kappa shape index (κ2) is 13.6. The molecule has 0 spiro atoms. The Kier molecular flexibility index (Phi) is 10.5.